The first kappa shape index (κ1) is 16.4. The molecule has 0 aromatic carbocycles. The summed E-state index contributed by atoms with van der Waals surface area (Å²) in [6.07, 6.45) is 0.466. The van der Waals surface area contributed by atoms with E-state index in [4.69, 9.17) is 5.11 Å². The van der Waals surface area contributed by atoms with Crippen LogP contribution in [0.25, 0.3) is 0 Å². The van der Waals surface area contributed by atoms with Crippen molar-refractivity contribution in [3.05, 3.63) is 0 Å². The first-order valence-corrected chi connectivity index (χ1v) is 7.02. The minimum absolute atomic E-state index is 0.172. The maximum absolute atomic E-state index is 11.9. The van der Waals surface area contributed by atoms with Crippen molar-refractivity contribution in [1.82, 2.24) is 15.1 Å². The highest BCUT2D eigenvalue weighted by molar-refractivity contribution is 5.95. The maximum atomic E-state index is 11.9. The molecule has 0 bridgehead atoms. The molecule has 1 saturated heterocycles. The van der Waals surface area contributed by atoms with E-state index in [9.17, 15) is 14.4 Å². The average Bonchev–Trinajstić information content (AvgIpc) is 2.87. The smallest absolute Gasteiger partial charge is 0.324 e. The molecule has 0 saturated carbocycles. The number of likely N-dealkylation sites (tertiary alicyclic amines) is 1. The van der Waals surface area contributed by atoms with Gasteiger partial charge in [0, 0.05) is 25.6 Å². The quantitative estimate of drug-likeness (QED) is 0.742. The Bertz CT molecular complexity index is 369. The first-order valence-electron chi connectivity index (χ1n) is 7.02. The lowest BCUT2D eigenvalue weighted by Crippen LogP contribution is -2.44. The summed E-state index contributed by atoms with van der Waals surface area (Å²) in [7, 11) is 0. The second-order valence-corrected chi connectivity index (χ2v) is 4.86. The van der Waals surface area contributed by atoms with Crippen LogP contribution >= 0.6 is 0 Å². The molecule has 2 N–H and O–H groups in total. The number of carbonyl (C=O) groups excluding carboxylic acids is 2. The van der Waals surface area contributed by atoms with E-state index in [0.717, 1.165) is 19.5 Å². The molecule has 1 heterocycles. The molecule has 20 heavy (non-hydrogen) atoms. The summed E-state index contributed by atoms with van der Waals surface area (Å²) in [5.74, 6) is -1.58. The van der Waals surface area contributed by atoms with Gasteiger partial charge >= 0.3 is 12.0 Å². The standard InChI is InChI=1S/C13H23N3O4/c1-3-15(4-2)10-7-8-16(9-10)13(20)14-11(17)5-6-12(18)19/h10H,3-9H2,1-2H3,(H,18,19)(H,14,17,20). The van der Waals surface area contributed by atoms with Gasteiger partial charge in [-0.05, 0) is 19.5 Å². The van der Waals surface area contributed by atoms with E-state index in [1.807, 2.05) is 0 Å². The fraction of sp³-hybridized carbons (Fsp3) is 0.769. The van der Waals surface area contributed by atoms with Gasteiger partial charge in [0.1, 0.15) is 0 Å². The monoisotopic (exact) mass is 285 g/mol. The lowest BCUT2D eigenvalue weighted by molar-refractivity contribution is -0.138. The number of carboxylic acids is 1. The van der Waals surface area contributed by atoms with Gasteiger partial charge in [-0.2, -0.15) is 0 Å². The number of nitrogens with zero attached hydrogens (tertiary/aromatic N) is 2. The second-order valence-electron chi connectivity index (χ2n) is 4.86. The van der Waals surface area contributed by atoms with Crippen LogP contribution in [0.2, 0.25) is 0 Å². The number of amides is 3. The number of urea groups is 1. The lowest BCUT2D eigenvalue weighted by Gasteiger charge is -2.26. The number of nitrogens with one attached hydrogen (secondary N) is 1. The fourth-order valence-corrected chi connectivity index (χ4v) is 2.45. The van der Waals surface area contributed by atoms with Crippen molar-refractivity contribution in [1.29, 1.82) is 0 Å². The summed E-state index contributed by atoms with van der Waals surface area (Å²) >= 11 is 0. The van der Waals surface area contributed by atoms with Gasteiger partial charge in [0.05, 0.1) is 6.42 Å². The summed E-state index contributed by atoms with van der Waals surface area (Å²) in [5, 5.41) is 10.7. The van der Waals surface area contributed by atoms with E-state index in [1.54, 1.807) is 4.90 Å². The Morgan fingerprint density at radius 2 is 1.90 bits per heavy atom. The Morgan fingerprint density at radius 1 is 1.25 bits per heavy atom. The Kier molecular flexibility index (Phi) is 6.44. The zero-order valence-corrected chi connectivity index (χ0v) is 12.1. The molecule has 1 unspecified atom stereocenters. The number of imide groups is 1. The molecule has 0 radical (unpaired) electrons. The van der Waals surface area contributed by atoms with Gasteiger partial charge in [0.2, 0.25) is 5.91 Å². The van der Waals surface area contributed by atoms with E-state index in [1.165, 1.54) is 0 Å². The van der Waals surface area contributed by atoms with Crippen molar-refractivity contribution in [2.24, 2.45) is 0 Å². The van der Waals surface area contributed by atoms with Crippen LogP contribution in [0.1, 0.15) is 33.1 Å². The van der Waals surface area contributed by atoms with Crippen LogP contribution in [0.5, 0.6) is 0 Å². The van der Waals surface area contributed by atoms with Gasteiger partial charge in [0.25, 0.3) is 0 Å². The molecule has 114 valence electrons. The van der Waals surface area contributed by atoms with Crippen molar-refractivity contribution in [2.45, 2.75) is 39.2 Å². The molecule has 1 fully saturated rings. The first-order chi connectivity index (χ1) is 9.47. The number of likely N-dealkylation sites (N-methyl/N-ethyl adjacent to an activating group) is 1. The molecule has 0 aliphatic carbocycles. The van der Waals surface area contributed by atoms with Gasteiger partial charge in [-0.15, -0.1) is 0 Å². The van der Waals surface area contributed by atoms with Crippen LogP contribution < -0.4 is 5.32 Å². The van der Waals surface area contributed by atoms with Crippen molar-refractivity contribution < 1.29 is 19.5 Å². The van der Waals surface area contributed by atoms with E-state index >= 15 is 0 Å². The second kappa shape index (κ2) is 7.84. The fourth-order valence-electron chi connectivity index (χ4n) is 2.45. The highest BCUT2D eigenvalue weighted by atomic mass is 16.4. The highest BCUT2D eigenvalue weighted by Gasteiger charge is 2.29. The molecular weight excluding hydrogens is 262 g/mol. The molecule has 1 rings (SSSR count). The third-order valence-corrected chi connectivity index (χ3v) is 3.59. The molecule has 0 spiro atoms. The highest BCUT2D eigenvalue weighted by Crippen LogP contribution is 2.15. The minimum atomic E-state index is -1.05. The van der Waals surface area contributed by atoms with Crippen LogP contribution in [-0.4, -0.2) is 65.0 Å². The molecular formula is C13H23N3O4. The Hall–Kier alpha value is -1.63. The zero-order valence-electron chi connectivity index (χ0n) is 12.1. The minimum Gasteiger partial charge on any atom is -0.481 e. The van der Waals surface area contributed by atoms with Gasteiger partial charge in [-0.3, -0.25) is 19.8 Å². The number of carbonyl (C=O) groups is 3. The van der Waals surface area contributed by atoms with Crippen LogP contribution in [0.3, 0.4) is 0 Å². The van der Waals surface area contributed by atoms with Crippen LogP contribution in [0, 0.1) is 0 Å². The average molecular weight is 285 g/mol. The van der Waals surface area contributed by atoms with Gasteiger partial charge < -0.3 is 10.0 Å². The molecule has 1 aliphatic rings. The van der Waals surface area contributed by atoms with E-state index < -0.39 is 17.9 Å². The molecule has 3 amide bonds. The molecule has 7 heteroatoms. The number of rotatable bonds is 6. The lowest BCUT2D eigenvalue weighted by atomic mass is 10.2. The topological polar surface area (TPSA) is 90.0 Å². The summed E-state index contributed by atoms with van der Waals surface area (Å²) < 4.78 is 0. The largest absolute Gasteiger partial charge is 0.481 e. The number of hydrogen-bond donors (Lipinski definition) is 2. The molecule has 0 aromatic heterocycles. The van der Waals surface area contributed by atoms with Crippen molar-refractivity contribution in [3.63, 3.8) is 0 Å². The predicted octanol–water partition coefficient (Wildman–Crippen LogP) is 0.504. The summed E-state index contributed by atoms with van der Waals surface area (Å²) in [4.78, 5) is 37.5. The molecule has 0 aromatic rings. The molecule has 1 aliphatic heterocycles. The van der Waals surface area contributed by atoms with Crippen LogP contribution in [-0.2, 0) is 9.59 Å². The van der Waals surface area contributed by atoms with Crippen LogP contribution in [0.15, 0.2) is 0 Å². The van der Waals surface area contributed by atoms with E-state index in [2.05, 4.69) is 24.1 Å². The number of carboxylic acid groups (broad SMARTS) is 1. The molecule has 1 atom stereocenters. The van der Waals surface area contributed by atoms with Crippen LogP contribution in [0.4, 0.5) is 4.79 Å². The summed E-state index contributed by atoms with van der Waals surface area (Å²) in [5.41, 5.74) is 0. The molecule has 7 nitrogen and oxygen atoms in total. The van der Waals surface area contributed by atoms with Crippen molar-refractivity contribution >= 4 is 17.9 Å². The van der Waals surface area contributed by atoms with Gasteiger partial charge in [-0.25, -0.2) is 4.79 Å². The maximum Gasteiger partial charge on any atom is 0.324 e. The van der Waals surface area contributed by atoms with E-state index in [0.29, 0.717) is 19.1 Å². The van der Waals surface area contributed by atoms with E-state index in [-0.39, 0.29) is 12.8 Å². The third-order valence-electron chi connectivity index (χ3n) is 3.59. The van der Waals surface area contributed by atoms with Crippen molar-refractivity contribution in [2.75, 3.05) is 26.2 Å². The predicted molar refractivity (Wildman–Crippen MR) is 73.3 cm³/mol. The van der Waals surface area contributed by atoms with Gasteiger partial charge in [-0.1, -0.05) is 13.8 Å². The SMILES string of the molecule is CCN(CC)C1CCN(C(=O)NC(=O)CCC(=O)O)C1. The normalized spacial score (nSPS) is 18.4. The number of aliphatic carboxylic acids is 1. The number of hydrogen-bond acceptors (Lipinski definition) is 4. The van der Waals surface area contributed by atoms with Gasteiger partial charge in [0.15, 0.2) is 0 Å². The van der Waals surface area contributed by atoms with Crippen molar-refractivity contribution in [3.8, 4) is 0 Å². The zero-order chi connectivity index (χ0) is 15.1. The Balaban J connectivity index is 2.38. The third kappa shape index (κ3) is 4.80. The Morgan fingerprint density at radius 3 is 2.45 bits per heavy atom. The summed E-state index contributed by atoms with van der Waals surface area (Å²) in [6, 6.07) is -0.0834. The summed E-state index contributed by atoms with van der Waals surface area (Å²) in [6.45, 7) is 7.28. The Labute approximate surface area is 118 Å².